The number of likely N-dealkylation sites (N-methyl/N-ethyl adjacent to an activating group) is 1. The molecule has 0 aliphatic heterocycles. The van der Waals surface area contributed by atoms with Gasteiger partial charge >= 0.3 is 0 Å². The number of halogens is 2. The number of hydrogen-bond acceptors (Lipinski definition) is 3. The first-order chi connectivity index (χ1) is 13.9. The molecule has 156 valence electrons. The maximum absolute atomic E-state index is 13.2. The first kappa shape index (κ1) is 23.2. The average Bonchev–Trinajstić information content (AvgIpc) is 2.73. The second-order valence-electron chi connectivity index (χ2n) is 6.59. The van der Waals surface area contributed by atoms with Gasteiger partial charge in [0.15, 0.2) is 0 Å². The van der Waals surface area contributed by atoms with Crippen LogP contribution in [0.4, 0.5) is 4.39 Å². The van der Waals surface area contributed by atoms with E-state index >= 15 is 0 Å². The van der Waals surface area contributed by atoms with Gasteiger partial charge in [-0.2, -0.15) is 0 Å². The second kappa shape index (κ2) is 11.8. The number of benzene rings is 2. The van der Waals surface area contributed by atoms with E-state index in [0.717, 1.165) is 16.2 Å². The van der Waals surface area contributed by atoms with E-state index in [4.69, 9.17) is 11.6 Å². The van der Waals surface area contributed by atoms with Gasteiger partial charge in [-0.15, -0.1) is 11.8 Å². The summed E-state index contributed by atoms with van der Waals surface area (Å²) in [6.45, 7) is 2.15. The lowest BCUT2D eigenvalue weighted by Crippen LogP contribution is -2.48. The zero-order chi connectivity index (χ0) is 21.2. The van der Waals surface area contributed by atoms with Crippen LogP contribution >= 0.6 is 23.4 Å². The second-order valence-corrected chi connectivity index (χ2v) is 8.20. The molecule has 0 radical (unpaired) electrons. The average molecular weight is 437 g/mol. The van der Waals surface area contributed by atoms with E-state index in [9.17, 15) is 14.0 Å². The number of nitrogens with zero attached hydrogens (tertiary/aromatic N) is 1. The Morgan fingerprint density at radius 3 is 2.38 bits per heavy atom. The first-order valence-electron chi connectivity index (χ1n) is 9.58. The quantitative estimate of drug-likeness (QED) is 0.425. The Morgan fingerprint density at radius 2 is 1.79 bits per heavy atom. The molecule has 7 heteroatoms. The van der Waals surface area contributed by atoms with Crippen LogP contribution in [0.15, 0.2) is 53.4 Å². The molecule has 1 atom stereocenters. The van der Waals surface area contributed by atoms with E-state index in [1.54, 1.807) is 35.8 Å². The van der Waals surface area contributed by atoms with Crippen LogP contribution in [0.25, 0.3) is 0 Å². The number of nitrogens with one attached hydrogen (secondary N) is 1. The summed E-state index contributed by atoms with van der Waals surface area (Å²) in [4.78, 5) is 27.9. The highest BCUT2D eigenvalue weighted by molar-refractivity contribution is 7.99. The highest BCUT2D eigenvalue weighted by Gasteiger charge is 2.27. The third kappa shape index (κ3) is 7.37. The third-order valence-corrected chi connectivity index (χ3v) is 5.87. The first-order valence-corrected chi connectivity index (χ1v) is 10.9. The van der Waals surface area contributed by atoms with Gasteiger partial charge in [-0.05, 0) is 60.6 Å². The molecule has 0 spiro atoms. The molecule has 1 N–H and O–H groups in total. The third-order valence-electron chi connectivity index (χ3n) is 4.52. The molecule has 2 aromatic carbocycles. The lowest BCUT2D eigenvalue weighted by Gasteiger charge is -2.30. The Morgan fingerprint density at radius 1 is 1.14 bits per heavy atom. The van der Waals surface area contributed by atoms with Gasteiger partial charge in [-0.25, -0.2) is 4.39 Å². The van der Waals surface area contributed by atoms with Crippen LogP contribution in [0.2, 0.25) is 5.02 Å². The summed E-state index contributed by atoms with van der Waals surface area (Å²) in [6, 6.07) is 13.0. The van der Waals surface area contributed by atoms with Gasteiger partial charge in [0, 0.05) is 29.9 Å². The minimum atomic E-state index is -0.554. The molecule has 2 aromatic rings. The normalized spacial score (nSPS) is 11.7. The Balaban J connectivity index is 1.99. The van der Waals surface area contributed by atoms with Crippen LogP contribution in [0, 0.1) is 5.82 Å². The van der Waals surface area contributed by atoms with Crippen molar-refractivity contribution in [2.45, 2.75) is 43.7 Å². The highest BCUT2D eigenvalue weighted by Crippen LogP contribution is 2.22. The molecular formula is C22H26ClFN2O2S. The number of carbonyl (C=O) groups excluding carboxylic acids is 2. The summed E-state index contributed by atoms with van der Waals surface area (Å²) in [7, 11) is 1.56. The zero-order valence-electron chi connectivity index (χ0n) is 16.7. The van der Waals surface area contributed by atoms with Gasteiger partial charge in [0.25, 0.3) is 0 Å². The Labute approximate surface area is 180 Å². The molecule has 4 nitrogen and oxygen atoms in total. The smallest absolute Gasteiger partial charge is 0.242 e. The lowest BCUT2D eigenvalue weighted by atomic mass is 10.1. The topological polar surface area (TPSA) is 49.4 Å². The SMILES string of the molecule is CC[C@@H](C(=O)NC)N(Cc1ccc(F)cc1)C(=O)CCCSc1ccc(Cl)cc1. The van der Waals surface area contributed by atoms with Gasteiger partial charge in [0.2, 0.25) is 11.8 Å². The van der Waals surface area contributed by atoms with E-state index in [0.29, 0.717) is 24.3 Å². The molecule has 0 fully saturated rings. The van der Waals surface area contributed by atoms with E-state index < -0.39 is 6.04 Å². The summed E-state index contributed by atoms with van der Waals surface area (Å²) >= 11 is 7.56. The fraction of sp³-hybridized carbons (Fsp3) is 0.364. The predicted molar refractivity (Wildman–Crippen MR) is 117 cm³/mol. The Hall–Kier alpha value is -2.05. The largest absolute Gasteiger partial charge is 0.357 e. The lowest BCUT2D eigenvalue weighted by molar-refractivity contribution is -0.141. The Kier molecular flexibility index (Phi) is 9.48. The monoisotopic (exact) mass is 436 g/mol. The molecule has 0 unspecified atom stereocenters. The summed E-state index contributed by atoms with van der Waals surface area (Å²) in [5.74, 6) is 0.179. The number of amides is 2. The van der Waals surface area contributed by atoms with Crippen LogP contribution in [-0.2, 0) is 16.1 Å². The van der Waals surface area contributed by atoms with Crippen molar-refractivity contribution < 1.29 is 14.0 Å². The van der Waals surface area contributed by atoms with Crippen molar-refractivity contribution in [1.82, 2.24) is 10.2 Å². The molecule has 0 heterocycles. The van der Waals surface area contributed by atoms with Crippen LogP contribution < -0.4 is 5.32 Å². The predicted octanol–water partition coefficient (Wildman–Crippen LogP) is 4.90. The van der Waals surface area contributed by atoms with Gasteiger partial charge in [-0.3, -0.25) is 9.59 Å². The fourth-order valence-electron chi connectivity index (χ4n) is 2.96. The van der Waals surface area contributed by atoms with Crippen molar-refractivity contribution >= 4 is 35.2 Å². The van der Waals surface area contributed by atoms with Gasteiger partial charge in [0.05, 0.1) is 0 Å². The molecule has 0 aromatic heterocycles. The fourth-order valence-corrected chi connectivity index (χ4v) is 3.94. The molecule has 0 aliphatic carbocycles. The van der Waals surface area contributed by atoms with Gasteiger partial charge in [0.1, 0.15) is 11.9 Å². The van der Waals surface area contributed by atoms with Crippen molar-refractivity contribution in [2.75, 3.05) is 12.8 Å². The standard InChI is InChI=1S/C22H26ClFN2O2S/c1-3-20(22(28)25-2)26(15-16-6-10-18(24)11-7-16)21(27)5-4-14-29-19-12-8-17(23)9-13-19/h6-13,20H,3-5,14-15H2,1-2H3,(H,25,28)/t20-/m0/s1. The van der Waals surface area contributed by atoms with Crippen molar-refractivity contribution in [3.05, 3.63) is 64.9 Å². The number of rotatable bonds is 10. The number of thioether (sulfide) groups is 1. The van der Waals surface area contributed by atoms with Crippen LogP contribution in [0.5, 0.6) is 0 Å². The zero-order valence-corrected chi connectivity index (χ0v) is 18.2. The van der Waals surface area contributed by atoms with E-state index in [1.807, 2.05) is 31.2 Å². The van der Waals surface area contributed by atoms with Crippen LogP contribution in [0.1, 0.15) is 31.7 Å². The molecule has 0 aliphatic rings. The molecule has 2 amide bonds. The van der Waals surface area contributed by atoms with Gasteiger partial charge < -0.3 is 10.2 Å². The molecule has 0 saturated heterocycles. The van der Waals surface area contributed by atoms with E-state index in [1.165, 1.54) is 12.1 Å². The maximum atomic E-state index is 13.2. The Bertz CT molecular complexity index is 799. The summed E-state index contributed by atoms with van der Waals surface area (Å²) in [5, 5.41) is 3.33. The van der Waals surface area contributed by atoms with Crippen LogP contribution in [-0.4, -0.2) is 35.6 Å². The minimum absolute atomic E-state index is 0.0820. The van der Waals surface area contributed by atoms with Gasteiger partial charge in [-0.1, -0.05) is 30.7 Å². The van der Waals surface area contributed by atoms with Crippen molar-refractivity contribution in [2.24, 2.45) is 0 Å². The molecule has 29 heavy (non-hydrogen) atoms. The maximum Gasteiger partial charge on any atom is 0.242 e. The summed E-state index contributed by atoms with van der Waals surface area (Å²) < 4.78 is 13.2. The van der Waals surface area contributed by atoms with E-state index in [2.05, 4.69) is 5.32 Å². The van der Waals surface area contributed by atoms with Crippen molar-refractivity contribution in [3.63, 3.8) is 0 Å². The minimum Gasteiger partial charge on any atom is -0.357 e. The van der Waals surface area contributed by atoms with E-state index in [-0.39, 0.29) is 24.2 Å². The molecule has 0 saturated carbocycles. The summed E-state index contributed by atoms with van der Waals surface area (Å²) in [6.07, 6.45) is 1.54. The molecule has 0 bridgehead atoms. The summed E-state index contributed by atoms with van der Waals surface area (Å²) in [5.41, 5.74) is 0.789. The molecule has 2 rings (SSSR count). The molecular weight excluding hydrogens is 411 g/mol. The van der Waals surface area contributed by atoms with Crippen LogP contribution in [0.3, 0.4) is 0 Å². The van der Waals surface area contributed by atoms with Crippen molar-refractivity contribution in [3.8, 4) is 0 Å². The number of carbonyl (C=O) groups is 2. The number of hydrogen-bond donors (Lipinski definition) is 1. The highest BCUT2D eigenvalue weighted by atomic mass is 35.5. The van der Waals surface area contributed by atoms with Crippen molar-refractivity contribution in [1.29, 1.82) is 0 Å².